The van der Waals surface area contributed by atoms with Crippen LogP contribution in [-0.4, -0.2) is 43.2 Å². The van der Waals surface area contributed by atoms with Crippen LogP contribution in [0.15, 0.2) is 17.8 Å². The summed E-state index contributed by atoms with van der Waals surface area (Å²) in [4.78, 5) is 23.9. The predicted octanol–water partition coefficient (Wildman–Crippen LogP) is 5.11. The first-order chi connectivity index (χ1) is 14.0. The molecule has 0 saturated carbocycles. The van der Waals surface area contributed by atoms with Crippen LogP contribution >= 0.6 is 34.5 Å². The standard InChI is InChI=1S/C19H20Cl2N4O3S/c1-5-25(6-2)18-17-15(22-9-23-18)10(8-29-17)19(26)24-16-13(20)11(27-3)7-12(28-4)14(16)21/h7-9H,5-6H2,1-4H3,(H,24,26). The Morgan fingerprint density at radius 3 is 2.31 bits per heavy atom. The molecule has 7 nitrogen and oxygen atoms in total. The molecule has 1 aromatic carbocycles. The van der Waals surface area contributed by atoms with E-state index in [1.165, 1.54) is 31.9 Å². The summed E-state index contributed by atoms with van der Waals surface area (Å²) in [5, 5.41) is 4.89. The summed E-state index contributed by atoms with van der Waals surface area (Å²) < 4.78 is 11.3. The molecule has 0 saturated heterocycles. The van der Waals surface area contributed by atoms with E-state index in [1.54, 1.807) is 11.4 Å². The number of rotatable bonds is 7. The maximum Gasteiger partial charge on any atom is 0.258 e. The Morgan fingerprint density at radius 1 is 1.14 bits per heavy atom. The Labute approximate surface area is 182 Å². The number of ether oxygens (including phenoxy) is 2. The van der Waals surface area contributed by atoms with Crippen LogP contribution in [0.3, 0.4) is 0 Å². The fourth-order valence-electron chi connectivity index (χ4n) is 2.92. The van der Waals surface area contributed by atoms with E-state index >= 15 is 0 Å². The average Bonchev–Trinajstić information content (AvgIpc) is 3.17. The molecule has 0 atom stereocenters. The third-order valence-corrected chi connectivity index (χ3v) is 6.17. The molecule has 0 unspecified atom stereocenters. The molecule has 154 valence electrons. The van der Waals surface area contributed by atoms with Crippen LogP contribution in [0.1, 0.15) is 24.2 Å². The van der Waals surface area contributed by atoms with Gasteiger partial charge in [0, 0.05) is 24.5 Å². The van der Waals surface area contributed by atoms with Crippen LogP contribution in [0.4, 0.5) is 11.5 Å². The van der Waals surface area contributed by atoms with E-state index in [-0.39, 0.29) is 21.6 Å². The second kappa shape index (κ2) is 9.02. The third kappa shape index (κ3) is 3.92. The lowest BCUT2D eigenvalue weighted by atomic mass is 10.2. The van der Waals surface area contributed by atoms with Gasteiger partial charge in [0.05, 0.1) is 35.7 Å². The van der Waals surface area contributed by atoms with Crippen molar-refractivity contribution < 1.29 is 14.3 Å². The van der Waals surface area contributed by atoms with Crippen molar-refractivity contribution in [2.24, 2.45) is 0 Å². The largest absolute Gasteiger partial charge is 0.495 e. The lowest BCUT2D eigenvalue weighted by Crippen LogP contribution is -2.23. The summed E-state index contributed by atoms with van der Waals surface area (Å²) in [5.41, 5.74) is 1.20. The van der Waals surface area contributed by atoms with E-state index in [1.807, 2.05) is 0 Å². The summed E-state index contributed by atoms with van der Waals surface area (Å²) in [6.45, 7) is 5.71. The van der Waals surface area contributed by atoms with Crippen LogP contribution in [-0.2, 0) is 0 Å². The van der Waals surface area contributed by atoms with Crippen molar-refractivity contribution in [2.45, 2.75) is 13.8 Å². The Hall–Kier alpha value is -2.29. The van der Waals surface area contributed by atoms with Crippen molar-refractivity contribution >= 4 is 62.2 Å². The predicted molar refractivity (Wildman–Crippen MR) is 118 cm³/mol. The van der Waals surface area contributed by atoms with Gasteiger partial charge in [-0.2, -0.15) is 0 Å². The van der Waals surface area contributed by atoms with E-state index < -0.39 is 0 Å². The number of amides is 1. The molecule has 1 N–H and O–H groups in total. The summed E-state index contributed by atoms with van der Waals surface area (Å²) in [7, 11) is 2.94. The molecule has 2 aromatic heterocycles. The van der Waals surface area contributed by atoms with Gasteiger partial charge in [0.25, 0.3) is 5.91 Å². The maximum absolute atomic E-state index is 13.0. The molecule has 0 aliphatic heterocycles. The van der Waals surface area contributed by atoms with E-state index in [9.17, 15) is 4.79 Å². The molecule has 0 aliphatic rings. The molecule has 0 fully saturated rings. The van der Waals surface area contributed by atoms with Gasteiger partial charge >= 0.3 is 0 Å². The van der Waals surface area contributed by atoms with Gasteiger partial charge in [-0.15, -0.1) is 11.3 Å². The second-order valence-electron chi connectivity index (χ2n) is 5.93. The van der Waals surface area contributed by atoms with Gasteiger partial charge in [-0.25, -0.2) is 9.97 Å². The molecule has 29 heavy (non-hydrogen) atoms. The molecule has 3 rings (SSSR count). The van der Waals surface area contributed by atoms with E-state index in [0.29, 0.717) is 22.6 Å². The number of methoxy groups -OCH3 is 2. The van der Waals surface area contributed by atoms with E-state index in [4.69, 9.17) is 32.7 Å². The average molecular weight is 455 g/mol. The Kier molecular flexibility index (Phi) is 6.66. The number of nitrogens with one attached hydrogen (secondary N) is 1. The summed E-state index contributed by atoms with van der Waals surface area (Å²) >= 11 is 14.1. The molecule has 0 bridgehead atoms. The van der Waals surface area contributed by atoms with Crippen molar-refractivity contribution in [1.29, 1.82) is 0 Å². The number of hydrogen-bond acceptors (Lipinski definition) is 7. The molecule has 10 heteroatoms. The SMILES string of the molecule is CCN(CC)c1ncnc2c(C(=O)Nc3c(Cl)c(OC)cc(OC)c3Cl)csc12. The number of anilines is 2. The monoisotopic (exact) mass is 454 g/mol. The third-order valence-electron chi connectivity index (χ3n) is 4.45. The number of carbonyl (C=O) groups excluding carboxylic acids is 1. The van der Waals surface area contributed by atoms with Gasteiger partial charge in [0.2, 0.25) is 0 Å². The Balaban J connectivity index is 2.03. The number of aromatic nitrogens is 2. The number of fused-ring (bicyclic) bond motifs is 1. The van der Waals surface area contributed by atoms with Gasteiger partial charge in [0.15, 0.2) is 0 Å². The summed E-state index contributed by atoms with van der Waals surface area (Å²) in [5.74, 6) is 1.09. The summed E-state index contributed by atoms with van der Waals surface area (Å²) in [6, 6.07) is 1.56. The minimum absolute atomic E-state index is 0.185. The highest BCUT2D eigenvalue weighted by Crippen LogP contribution is 2.44. The first kappa shape index (κ1) is 21.4. The zero-order valence-corrected chi connectivity index (χ0v) is 18.7. The topological polar surface area (TPSA) is 76.6 Å². The Bertz CT molecular complexity index is 1030. The smallest absolute Gasteiger partial charge is 0.258 e. The molecule has 3 aromatic rings. The number of carbonyl (C=O) groups is 1. The minimum Gasteiger partial charge on any atom is -0.495 e. The van der Waals surface area contributed by atoms with Crippen LogP contribution < -0.4 is 19.7 Å². The molecular weight excluding hydrogens is 435 g/mol. The number of thiophene rings is 1. The fourth-order valence-corrected chi connectivity index (χ4v) is 4.54. The first-order valence-electron chi connectivity index (χ1n) is 8.85. The first-order valence-corrected chi connectivity index (χ1v) is 10.5. The lowest BCUT2D eigenvalue weighted by Gasteiger charge is -2.19. The van der Waals surface area contributed by atoms with Crippen molar-refractivity contribution in [2.75, 3.05) is 37.5 Å². The van der Waals surface area contributed by atoms with Crippen molar-refractivity contribution in [3.05, 3.63) is 33.4 Å². The van der Waals surface area contributed by atoms with Crippen LogP contribution in [0, 0.1) is 0 Å². The van der Waals surface area contributed by atoms with Crippen LogP contribution in [0.2, 0.25) is 10.0 Å². The highest BCUT2D eigenvalue weighted by atomic mass is 35.5. The minimum atomic E-state index is -0.389. The van der Waals surface area contributed by atoms with Gasteiger partial charge in [-0.05, 0) is 13.8 Å². The zero-order chi connectivity index (χ0) is 21.1. The van der Waals surface area contributed by atoms with Crippen molar-refractivity contribution in [3.63, 3.8) is 0 Å². The van der Waals surface area contributed by atoms with Gasteiger partial charge in [-0.3, -0.25) is 4.79 Å². The van der Waals surface area contributed by atoms with Crippen molar-refractivity contribution in [1.82, 2.24) is 9.97 Å². The van der Waals surface area contributed by atoms with Gasteiger partial charge in [-0.1, -0.05) is 23.2 Å². The van der Waals surface area contributed by atoms with Crippen molar-refractivity contribution in [3.8, 4) is 11.5 Å². The van der Waals surface area contributed by atoms with Gasteiger partial charge < -0.3 is 19.7 Å². The number of nitrogens with zero attached hydrogens (tertiary/aromatic N) is 3. The highest BCUT2D eigenvalue weighted by molar-refractivity contribution is 7.18. The fraction of sp³-hybridized carbons (Fsp3) is 0.316. The molecule has 0 aliphatic carbocycles. The normalized spacial score (nSPS) is 10.8. The molecular formula is C19H20Cl2N4O3S. The maximum atomic E-state index is 13.0. The van der Waals surface area contributed by atoms with E-state index in [0.717, 1.165) is 23.6 Å². The van der Waals surface area contributed by atoms with E-state index in [2.05, 4.69) is 34.0 Å². The second-order valence-corrected chi connectivity index (χ2v) is 7.57. The van der Waals surface area contributed by atoms with Gasteiger partial charge in [0.1, 0.15) is 33.7 Å². The molecule has 0 radical (unpaired) electrons. The number of hydrogen-bond donors (Lipinski definition) is 1. The molecule has 2 heterocycles. The molecule has 0 spiro atoms. The summed E-state index contributed by atoms with van der Waals surface area (Å²) in [6.07, 6.45) is 1.47. The highest BCUT2D eigenvalue weighted by Gasteiger charge is 2.23. The van der Waals surface area contributed by atoms with Crippen LogP contribution in [0.25, 0.3) is 10.2 Å². The number of halogens is 2. The quantitative estimate of drug-likeness (QED) is 0.534. The van der Waals surface area contributed by atoms with Crippen LogP contribution in [0.5, 0.6) is 11.5 Å². The lowest BCUT2D eigenvalue weighted by molar-refractivity contribution is 0.102. The number of benzene rings is 1. The molecule has 1 amide bonds. The zero-order valence-electron chi connectivity index (χ0n) is 16.4. The Morgan fingerprint density at radius 2 is 1.76 bits per heavy atom.